The van der Waals surface area contributed by atoms with Gasteiger partial charge in [0.2, 0.25) is 0 Å². The van der Waals surface area contributed by atoms with Crippen LogP contribution >= 0.6 is 0 Å². The summed E-state index contributed by atoms with van der Waals surface area (Å²) in [7, 11) is 0. The number of hydrogen-bond donors (Lipinski definition) is 0. The second-order valence-corrected chi connectivity index (χ2v) is 5.29. The molecule has 0 spiro atoms. The van der Waals surface area contributed by atoms with Crippen molar-refractivity contribution in [3.05, 3.63) is 0 Å². The largest absolute Gasteiger partial charge is 0.0530 e. The van der Waals surface area contributed by atoms with Crippen LogP contribution in [0.15, 0.2) is 0 Å². The minimum Gasteiger partial charge on any atom is -0.0530 e. The average molecular weight is 164 g/mol. The Bertz CT molecular complexity index is 169. The number of rotatable bonds is 1. The fraction of sp³-hybridized carbons (Fsp3) is 1.00. The maximum Gasteiger partial charge on any atom is -0.0355 e. The summed E-state index contributed by atoms with van der Waals surface area (Å²) < 4.78 is 0. The highest BCUT2D eigenvalue weighted by Crippen LogP contribution is 2.54. The van der Waals surface area contributed by atoms with Crippen molar-refractivity contribution in [1.82, 2.24) is 0 Å². The SMILES string of the molecule is C1CCC2C(C1)CCC2C1CC1. The summed E-state index contributed by atoms with van der Waals surface area (Å²) in [6.07, 6.45) is 12.6. The average Bonchev–Trinajstić information content (AvgIpc) is 2.86. The fourth-order valence-electron chi connectivity index (χ4n) is 3.89. The monoisotopic (exact) mass is 164 g/mol. The first-order valence-corrected chi connectivity index (χ1v) is 5.95. The van der Waals surface area contributed by atoms with E-state index in [-0.39, 0.29) is 0 Å². The van der Waals surface area contributed by atoms with Crippen molar-refractivity contribution in [2.24, 2.45) is 23.7 Å². The van der Waals surface area contributed by atoms with Gasteiger partial charge in [0.15, 0.2) is 0 Å². The van der Waals surface area contributed by atoms with Gasteiger partial charge in [0.25, 0.3) is 0 Å². The summed E-state index contributed by atoms with van der Waals surface area (Å²) in [5.74, 6) is 4.74. The van der Waals surface area contributed by atoms with Crippen molar-refractivity contribution in [1.29, 1.82) is 0 Å². The van der Waals surface area contributed by atoms with Crippen LogP contribution in [-0.2, 0) is 0 Å². The van der Waals surface area contributed by atoms with Crippen LogP contribution in [0.4, 0.5) is 0 Å². The van der Waals surface area contributed by atoms with Crippen molar-refractivity contribution in [3.8, 4) is 0 Å². The van der Waals surface area contributed by atoms with Crippen LogP contribution in [0.5, 0.6) is 0 Å². The highest BCUT2D eigenvalue weighted by molar-refractivity contribution is 4.94. The Morgan fingerprint density at radius 2 is 1.08 bits per heavy atom. The Labute approximate surface area is 75.7 Å². The summed E-state index contributed by atoms with van der Waals surface area (Å²) in [5.41, 5.74) is 0. The van der Waals surface area contributed by atoms with E-state index in [1.165, 1.54) is 23.7 Å². The molecule has 0 aliphatic heterocycles. The third-order valence-corrected chi connectivity index (χ3v) is 4.62. The lowest BCUT2D eigenvalue weighted by molar-refractivity contribution is 0.213. The lowest BCUT2D eigenvalue weighted by Crippen LogP contribution is -2.20. The molecule has 0 aromatic rings. The van der Waals surface area contributed by atoms with Gasteiger partial charge in [-0.1, -0.05) is 19.3 Å². The van der Waals surface area contributed by atoms with Crippen LogP contribution < -0.4 is 0 Å². The molecule has 3 aliphatic carbocycles. The molecule has 3 aliphatic rings. The van der Waals surface area contributed by atoms with Gasteiger partial charge in [0.1, 0.15) is 0 Å². The molecular formula is C12H20. The summed E-state index contributed by atoms with van der Waals surface area (Å²) in [6, 6.07) is 0. The Kier molecular flexibility index (Phi) is 1.70. The van der Waals surface area contributed by atoms with E-state index in [2.05, 4.69) is 0 Å². The van der Waals surface area contributed by atoms with Crippen LogP contribution in [-0.4, -0.2) is 0 Å². The molecule has 0 amide bonds. The zero-order valence-electron chi connectivity index (χ0n) is 7.97. The molecule has 3 unspecified atom stereocenters. The number of hydrogen-bond acceptors (Lipinski definition) is 0. The molecule has 3 fully saturated rings. The maximum absolute atomic E-state index is 1.60. The van der Waals surface area contributed by atoms with Crippen LogP contribution in [0.25, 0.3) is 0 Å². The minimum atomic E-state index is 1.17. The van der Waals surface area contributed by atoms with Gasteiger partial charge in [0.05, 0.1) is 0 Å². The first kappa shape index (κ1) is 7.41. The first-order valence-electron chi connectivity index (χ1n) is 5.95. The molecule has 3 saturated carbocycles. The van der Waals surface area contributed by atoms with Crippen LogP contribution in [0.2, 0.25) is 0 Å². The fourth-order valence-corrected chi connectivity index (χ4v) is 3.89. The molecule has 0 N–H and O–H groups in total. The molecule has 12 heavy (non-hydrogen) atoms. The summed E-state index contributed by atoms with van der Waals surface area (Å²) >= 11 is 0. The molecule has 0 heterocycles. The van der Waals surface area contributed by atoms with Crippen molar-refractivity contribution >= 4 is 0 Å². The van der Waals surface area contributed by atoms with Crippen molar-refractivity contribution in [2.45, 2.75) is 51.4 Å². The van der Waals surface area contributed by atoms with Crippen molar-refractivity contribution in [3.63, 3.8) is 0 Å². The molecule has 0 bridgehead atoms. The lowest BCUT2D eigenvalue weighted by Gasteiger charge is -2.29. The molecule has 0 saturated heterocycles. The van der Waals surface area contributed by atoms with Gasteiger partial charge in [0, 0.05) is 0 Å². The smallest absolute Gasteiger partial charge is 0.0355 e. The molecule has 3 rings (SSSR count). The van der Waals surface area contributed by atoms with Crippen molar-refractivity contribution in [2.75, 3.05) is 0 Å². The predicted molar refractivity (Wildman–Crippen MR) is 50.9 cm³/mol. The molecule has 0 aromatic heterocycles. The Hall–Kier alpha value is 0. The van der Waals surface area contributed by atoms with E-state index in [4.69, 9.17) is 0 Å². The zero-order chi connectivity index (χ0) is 7.97. The first-order chi connectivity index (χ1) is 5.95. The molecular weight excluding hydrogens is 144 g/mol. The zero-order valence-corrected chi connectivity index (χ0v) is 7.97. The van der Waals surface area contributed by atoms with Crippen molar-refractivity contribution < 1.29 is 0 Å². The molecule has 0 nitrogen and oxygen atoms in total. The molecule has 68 valence electrons. The molecule has 3 atom stereocenters. The normalized spacial score (nSPS) is 47.5. The second kappa shape index (κ2) is 2.75. The molecule has 0 radical (unpaired) electrons. The van der Waals surface area contributed by atoms with Gasteiger partial charge in [-0.25, -0.2) is 0 Å². The Morgan fingerprint density at radius 1 is 0.500 bits per heavy atom. The van der Waals surface area contributed by atoms with E-state index in [1.807, 2.05) is 0 Å². The van der Waals surface area contributed by atoms with E-state index in [0.717, 1.165) is 0 Å². The van der Waals surface area contributed by atoms with Crippen LogP contribution in [0.1, 0.15) is 51.4 Å². The maximum atomic E-state index is 1.60. The second-order valence-electron chi connectivity index (χ2n) is 5.29. The van der Waals surface area contributed by atoms with Gasteiger partial charge in [-0.2, -0.15) is 0 Å². The van der Waals surface area contributed by atoms with E-state index < -0.39 is 0 Å². The summed E-state index contributed by atoms with van der Waals surface area (Å²) in [5, 5.41) is 0. The van der Waals surface area contributed by atoms with Gasteiger partial charge in [-0.05, 0) is 55.8 Å². The van der Waals surface area contributed by atoms with Gasteiger partial charge >= 0.3 is 0 Å². The summed E-state index contributed by atoms with van der Waals surface area (Å²) in [6.45, 7) is 0. The lowest BCUT2D eigenvalue weighted by atomic mass is 9.77. The number of fused-ring (bicyclic) bond motifs is 1. The molecule has 0 aromatic carbocycles. The summed E-state index contributed by atoms with van der Waals surface area (Å²) in [4.78, 5) is 0. The van der Waals surface area contributed by atoms with E-state index in [9.17, 15) is 0 Å². The standard InChI is InChI=1S/C12H20/c1-2-4-11-9(3-1)7-8-12(11)10-5-6-10/h9-12H,1-8H2. The highest BCUT2D eigenvalue weighted by atomic mass is 14.5. The molecule has 0 heteroatoms. The van der Waals surface area contributed by atoms with Gasteiger partial charge in [-0.15, -0.1) is 0 Å². The van der Waals surface area contributed by atoms with Crippen LogP contribution in [0, 0.1) is 23.7 Å². The quantitative estimate of drug-likeness (QED) is 0.555. The Balaban J connectivity index is 1.72. The van der Waals surface area contributed by atoms with E-state index >= 15 is 0 Å². The minimum absolute atomic E-state index is 1.17. The third-order valence-electron chi connectivity index (χ3n) is 4.62. The van der Waals surface area contributed by atoms with Gasteiger partial charge < -0.3 is 0 Å². The van der Waals surface area contributed by atoms with E-state index in [1.54, 1.807) is 51.4 Å². The third kappa shape index (κ3) is 1.11. The van der Waals surface area contributed by atoms with Gasteiger partial charge in [-0.3, -0.25) is 0 Å². The Morgan fingerprint density at radius 3 is 1.92 bits per heavy atom. The van der Waals surface area contributed by atoms with E-state index in [0.29, 0.717) is 0 Å². The highest BCUT2D eigenvalue weighted by Gasteiger charge is 2.44. The van der Waals surface area contributed by atoms with Crippen LogP contribution in [0.3, 0.4) is 0 Å². The topological polar surface area (TPSA) is 0 Å². The predicted octanol–water partition coefficient (Wildman–Crippen LogP) is 3.61.